The Hall–Kier alpha value is -0.790. The first kappa shape index (κ1) is 11.3. The van der Waals surface area contributed by atoms with Crippen LogP contribution in [0, 0.1) is 5.92 Å². The highest BCUT2D eigenvalue weighted by molar-refractivity contribution is 5.92. The maximum atomic E-state index is 11.1. The van der Waals surface area contributed by atoms with Crippen molar-refractivity contribution in [1.29, 1.82) is 0 Å². The monoisotopic (exact) mass is 195 g/mol. The zero-order chi connectivity index (χ0) is 10.6. The molecular weight excluding hydrogens is 174 g/mol. The fourth-order valence-corrected chi connectivity index (χ4v) is 2.47. The van der Waals surface area contributed by atoms with Crippen molar-refractivity contribution in [3.8, 4) is 0 Å². The normalized spacial score (nSPS) is 20.4. The van der Waals surface area contributed by atoms with Crippen molar-refractivity contribution in [1.82, 2.24) is 0 Å². The van der Waals surface area contributed by atoms with E-state index in [0.29, 0.717) is 5.92 Å². The summed E-state index contributed by atoms with van der Waals surface area (Å²) in [6.45, 7) is 3.99. The lowest BCUT2D eigenvalue weighted by molar-refractivity contribution is -0.114. The molecule has 1 saturated carbocycles. The summed E-state index contributed by atoms with van der Waals surface area (Å²) in [5.74, 6) is 0.383. The molecule has 0 saturated heterocycles. The van der Waals surface area contributed by atoms with Crippen molar-refractivity contribution in [2.75, 3.05) is 0 Å². The number of hydrogen-bond donors (Lipinski definition) is 1. The first-order valence-corrected chi connectivity index (χ1v) is 5.66. The Balaban J connectivity index is 2.78. The molecule has 1 rings (SSSR count). The lowest BCUT2D eigenvalue weighted by Gasteiger charge is -2.25. The summed E-state index contributed by atoms with van der Waals surface area (Å²) in [7, 11) is 0. The van der Waals surface area contributed by atoms with Gasteiger partial charge in [-0.3, -0.25) is 4.79 Å². The van der Waals surface area contributed by atoms with Crippen LogP contribution >= 0.6 is 0 Å². The third-order valence-electron chi connectivity index (χ3n) is 3.33. The molecule has 1 fully saturated rings. The third-order valence-corrected chi connectivity index (χ3v) is 3.33. The minimum atomic E-state index is -0.243. The number of amides is 1. The van der Waals surface area contributed by atoms with Crippen LogP contribution < -0.4 is 5.73 Å². The van der Waals surface area contributed by atoms with E-state index in [-0.39, 0.29) is 5.91 Å². The van der Waals surface area contributed by atoms with Gasteiger partial charge in [-0.15, -0.1) is 0 Å². The van der Waals surface area contributed by atoms with E-state index in [2.05, 4.69) is 6.92 Å². The number of hydrogen-bond acceptors (Lipinski definition) is 1. The fraction of sp³-hybridized carbons (Fsp3) is 0.750. The van der Waals surface area contributed by atoms with Gasteiger partial charge in [0.15, 0.2) is 0 Å². The van der Waals surface area contributed by atoms with Crippen molar-refractivity contribution in [2.45, 2.75) is 52.4 Å². The van der Waals surface area contributed by atoms with Gasteiger partial charge in [0.25, 0.3) is 0 Å². The Morgan fingerprint density at radius 2 is 1.86 bits per heavy atom. The van der Waals surface area contributed by atoms with E-state index in [1.165, 1.54) is 37.7 Å². The summed E-state index contributed by atoms with van der Waals surface area (Å²) in [5, 5.41) is 0. The van der Waals surface area contributed by atoms with E-state index in [9.17, 15) is 4.79 Å². The first-order valence-electron chi connectivity index (χ1n) is 5.66. The fourth-order valence-electron chi connectivity index (χ4n) is 2.47. The number of nitrogens with two attached hydrogens (primary N) is 1. The summed E-state index contributed by atoms with van der Waals surface area (Å²) in [6.07, 6.45) is 7.42. The van der Waals surface area contributed by atoms with Gasteiger partial charge in [0.05, 0.1) is 0 Å². The molecule has 14 heavy (non-hydrogen) atoms. The predicted molar refractivity (Wildman–Crippen MR) is 58.8 cm³/mol. The second-order valence-electron chi connectivity index (χ2n) is 4.20. The molecule has 1 aliphatic carbocycles. The van der Waals surface area contributed by atoms with Crippen molar-refractivity contribution in [3.63, 3.8) is 0 Å². The molecule has 0 heterocycles. The second kappa shape index (κ2) is 5.18. The SMILES string of the molecule is CCC(=C(C)C(N)=O)C1CCCCC1. The number of rotatable bonds is 3. The molecule has 1 aliphatic rings. The maximum absolute atomic E-state index is 11.1. The quantitative estimate of drug-likeness (QED) is 0.691. The van der Waals surface area contributed by atoms with Crippen LogP contribution in [0.5, 0.6) is 0 Å². The van der Waals surface area contributed by atoms with Crippen LogP contribution in [0.2, 0.25) is 0 Å². The molecule has 0 aromatic rings. The van der Waals surface area contributed by atoms with Crippen molar-refractivity contribution in [2.24, 2.45) is 11.7 Å². The lowest BCUT2D eigenvalue weighted by Crippen LogP contribution is -2.18. The van der Waals surface area contributed by atoms with Crippen LogP contribution in [-0.4, -0.2) is 5.91 Å². The number of allylic oxidation sites excluding steroid dienone is 1. The number of carbonyl (C=O) groups is 1. The summed E-state index contributed by atoms with van der Waals surface area (Å²) in [6, 6.07) is 0. The predicted octanol–water partition coefficient (Wildman–Crippen LogP) is 2.78. The van der Waals surface area contributed by atoms with Crippen LogP contribution in [0.15, 0.2) is 11.1 Å². The molecule has 0 atom stereocenters. The molecule has 0 aliphatic heterocycles. The molecular formula is C12H21NO. The van der Waals surface area contributed by atoms with E-state index in [4.69, 9.17) is 5.73 Å². The lowest BCUT2D eigenvalue weighted by atomic mass is 9.81. The first-order chi connectivity index (χ1) is 6.66. The van der Waals surface area contributed by atoms with Gasteiger partial charge in [-0.05, 0) is 32.1 Å². The zero-order valence-electron chi connectivity index (χ0n) is 9.31. The number of primary amides is 1. The van der Waals surface area contributed by atoms with Gasteiger partial charge in [-0.1, -0.05) is 31.8 Å². The Labute approximate surface area is 86.6 Å². The molecule has 0 spiro atoms. The molecule has 0 aromatic carbocycles. The topological polar surface area (TPSA) is 43.1 Å². The molecule has 2 heteroatoms. The summed E-state index contributed by atoms with van der Waals surface area (Å²) < 4.78 is 0. The van der Waals surface area contributed by atoms with E-state index < -0.39 is 0 Å². The van der Waals surface area contributed by atoms with Crippen molar-refractivity contribution >= 4 is 5.91 Å². The van der Waals surface area contributed by atoms with Crippen LogP contribution in [0.25, 0.3) is 0 Å². The maximum Gasteiger partial charge on any atom is 0.244 e. The van der Waals surface area contributed by atoms with Crippen LogP contribution in [0.1, 0.15) is 52.4 Å². The molecule has 0 bridgehead atoms. The van der Waals surface area contributed by atoms with Gasteiger partial charge in [0.1, 0.15) is 0 Å². The highest BCUT2D eigenvalue weighted by atomic mass is 16.1. The molecule has 80 valence electrons. The van der Waals surface area contributed by atoms with Gasteiger partial charge in [0, 0.05) is 5.57 Å². The van der Waals surface area contributed by atoms with Crippen LogP contribution in [0.3, 0.4) is 0 Å². The smallest absolute Gasteiger partial charge is 0.244 e. The average Bonchev–Trinajstić information content (AvgIpc) is 2.20. The largest absolute Gasteiger partial charge is 0.366 e. The molecule has 2 nitrogen and oxygen atoms in total. The van der Waals surface area contributed by atoms with Gasteiger partial charge in [-0.2, -0.15) is 0 Å². The Morgan fingerprint density at radius 3 is 2.29 bits per heavy atom. The van der Waals surface area contributed by atoms with Gasteiger partial charge in [-0.25, -0.2) is 0 Å². The molecule has 0 aromatic heterocycles. The molecule has 0 radical (unpaired) electrons. The third kappa shape index (κ3) is 2.60. The second-order valence-corrected chi connectivity index (χ2v) is 4.20. The Morgan fingerprint density at radius 1 is 1.29 bits per heavy atom. The van der Waals surface area contributed by atoms with E-state index in [1.54, 1.807) is 0 Å². The Bertz CT molecular complexity index is 237. The van der Waals surface area contributed by atoms with Crippen molar-refractivity contribution in [3.05, 3.63) is 11.1 Å². The highest BCUT2D eigenvalue weighted by Gasteiger charge is 2.19. The van der Waals surface area contributed by atoms with E-state index >= 15 is 0 Å². The summed E-state index contributed by atoms with van der Waals surface area (Å²) >= 11 is 0. The Kier molecular flexibility index (Phi) is 4.18. The average molecular weight is 195 g/mol. The summed E-state index contributed by atoms with van der Waals surface area (Å²) in [5.41, 5.74) is 7.43. The highest BCUT2D eigenvalue weighted by Crippen LogP contribution is 2.32. The number of carbonyl (C=O) groups excluding carboxylic acids is 1. The van der Waals surface area contributed by atoms with E-state index in [0.717, 1.165) is 12.0 Å². The summed E-state index contributed by atoms with van der Waals surface area (Å²) in [4.78, 5) is 11.1. The van der Waals surface area contributed by atoms with Crippen LogP contribution in [-0.2, 0) is 4.79 Å². The van der Waals surface area contributed by atoms with Crippen LogP contribution in [0.4, 0.5) is 0 Å². The van der Waals surface area contributed by atoms with E-state index in [1.807, 2.05) is 6.92 Å². The molecule has 0 unspecified atom stereocenters. The standard InChI is InChI=1S/C12H21NO/c1-3-11(9(2)12(13)14)10-7-5-4-6-8-10/h10H,3-8H2,1-2H3,(H2,13,14). The van der Waals surface area contributed by atoms with Gasteiger partial charge < -0.3 is 5.73 Å². The van der Waals surface area contributed by atoms with Crippen molar-refractivity contribution < 1.29 is 4.79 Å². The zero-order valence-corrected chi connectivity index (χ0v) is 9.31. The minimum absolute atomic E-state index is 0.243. The van der Waals surface area contributed by atoms with Gasteiger partial charge >= 0.3 is 0 Å². The molecule has 2 N–H and O–H groups in total. The minimum Gasteiger partial charge on any atom is -0.366 e. The molecule has 1 amide bonds. The van der Waals surface area contributed by atoms with Gasteiger partial charge in [0.2, 0.25) is 5.91 Å².